The SMILES string of the molecule is Cc1cc(CSc2ccccc2C(=O)OC(C)C(=O)NC2CCOc3ccccc32)on1. The first-order chi connectivity index (χ1) is 15.5. The van der Waals surface area contributed by atoms with E-state index in [0.717, 1.165) is 27.7 Å². The highest BCUT2D eigenvalue weighted by Crippen LogP contribution is 2.32. The van der Waals surface area contributed by atoms with Gasteiger partial charge in [0.15, 0.2) is 6.10 Å². The molecule has 2 aromatic carbocycles. The van der Waals surface area contributed by atoms with E-state index in [2.05, 4.69) is 10.5 Å². The second-order valence-electron chi connectivity index (χ2n) is 7.50. The van der Waals surface area contributed by atoms with Gasteiger partial charge >= 0.3 is 5.97 Å². The summed E-state index contributed by atoms with van der Waals surface area (Å²) in [7, 11) is 0. The lowest BCUT2D eigenvalue weighted by atomic mass is 10.0. The van der Waals surface area contributed by atoms with E-state index in [-0.39, 0.29) is 11.9 Å². The van der Waals surface area contributed by atoms with Crippen LogP contribution in [0.25, 0.3) is 0 Å². The molecule has 0 spiro atoms. The zero-order valence-corrected chi connectivity index (χ0v) is 18.7. The maximum Gasteiger partial charge on any atom is 0.340 e. The Bertz CT molecular complexity index is 1110. The third-order valence-corrected chi connectivity index (χ3v) is 6.18. The van der Waals surface area contributed by atoms with Crippen LogP contribution in [0.4, 0.5) is 0 Å². The Hall–Kier alpha value is -3.26. The van der Waals surface area contributed by atoms with Gasteiger partial charge in [0.2, 0.25) is 0 Å². The van der Waals surface area contributed by atoms with Gasteiger partial charge in [0.25, 0.3) is 5.91 Å². The molecule has 1 aliphatic heterocycles. The van der Waals surface area contributed by atoms with Crippen molar-refractivity contribution in [1.29, 1.82) is 0 Å². The van der Waals surface area contributed by atoms with Crippen molar-refractivity contribution in [2.24, 2.45) is 0 Å². The first-order valence-corrected chi connectivity index (χ1v) is 11.4. The number of fused-ring (bicyclic) bond motifs is 1. The number of benzene rings is 2. The van der Waals surface area contributed by atoms with Crippen LogP contribution in [0, 0.1) is 6.92 Å². The lowest BCUT2D eigenvalue weighted by Gasteiger charge is -2.27. The molecule has 1 amide bonds. The Morgan fingerprint density at radius 2 is 2.00 bits per heavy atom. The van der Waals surface area contributed by atoms with E-state index in [9.17, 15) is 9.59 Å². The zero-order valence-electron chi connectivity index (χ0n) is 17.9. The molecule has 0 fully saturated rings. The third kappa shape index (κ3) is 5.13. The number of hydrogen-bond donors (Lipinski definition) is 1. The van der Waals surface area contributed by atoms with Crippen LogP contribution in [-0.4, -0.2) is 29.7 Å². The lowest BCUT2D eigenvalue weighted by molar-refractivity contribution is -0.130. The van der Waals surface area contributed by atoms with E-state index in [1.807, 2.05) is 49.4 Å². The van der Waals surface area contributed by atoms with Gasteiger partial charge in [0.1, 0.15) is 11.5 Å². The quantitative estimate of drug-likeness (QED) is 0.418. The van der Waals surface area contributed by atoms with Gasteiger partial charge in [0, 0.05) is 22.9 Å². The van der Waals surface area contributed by atoms with Gasteiger partial charge in [-0.05, 0) is 32.0 Å². The fourth-order valence-corrected chi connectivity index (χ4v) is 4.37. The largest absolute Gasteiger partial charge is 0.493 e. The van der Waals surface area contributed by atoms with E-state index in [1.165, 1.54) is 11.8 Å². The highest BCUT2D eigenvalue weighted by Gasteiger charge is 2.27. The van der Waals surface area contributed by atoms with Crippen LogP contribution in [0.3, 0.4) is 0 Å². The molecule has 4 rings (SSSR count). The van der Waals surface area contributed by atoms with Crippen LogP contribution in [0.1, 0.15) is 46.8 Å². The van der Waals surface area contributed by atoms with E-state index in [4.69, 9.17) is 14.0 Å². The summed E-state index contributed by atoms with van der Waals surface area (Å²) in [5.74, 6) is 1.13. The lowest BCUT2D eigenvalue weighted by Crippen LogP contribution is -2.39. The van der Waals surface area contributed by atoms with Crippen molar-refractivity contribution >= 4 is 23.6 Å². The Morgan fingerprint density at radius 1 is 1.22 bits per heavy atom. The van der Waals surface area contributed by atoms with E-state index >= 15 is 0 Å². The Labute approximate surface area is 190 Å². The van der Waals surface area contributed by atoms with Gasteiger partial charge in [-0.1, -0.05) is 35.5 Å². The summed E-state index contributed by atoms with van der Waals surface area (Å²) >= 11 is 1.45. The number of para-hydroxylation sites is 1. The van der Waals surface area contributed by atoms with Crippen molar-refractivity contribution in [3.8, 4) is 5.75 Å². The van der Waals surface area contributed by atoms with Crippen molar-refractivity contribution in [2.45, 2.75) is 43.1 Å². The Balaban J connectivity index is 1.38. The van der Waals surface area contributed by atoms with Gasteiger partial charge in [-0.3, -0.25) is 4.79 Å². The molecule has 1 N–H and O–H groups in total. The normalized spacial score (nSPS) is 15.9. The summed E-state index contributed by atoms with van der Waals surface area (Å²) in [6, 6.07) is 16.4. The highest BCUT2D eigenvalue weighted by molar-refractivity contribution is 7.98. The smallest absolute Gasteiger partial charge is 0.340 e. The van der Waals surface area contributed by atoms with Crippen LogP contribution >= 0.6 is 11.8 Å². The highest BCUT2D eigenvalue weighted by atomic mass is 32.2. The average Bonchev–Trinajstić information content (AvgIpc) is 3.23. The molecule has 166 valence electrons. The van der Waals surface area contributed by atoms with E-state index < -0.39 is 12.1 Å². The molecular formula is C24H24N2O5S. The van der Waals surface area contributed by atoms with Gasteiger partial charge in [-0.15, -0.1) is 11.8 Å². The molecule has 0 saturated heterocycles. The monoisotopic (exact) mass is 452 g/mol. The fourth-order valence-electron chi connectivity index (χ4n) is 3.45. The van der Waals surface area contributed by atoms with Crippen molar-refractivity contribution in [1.82, 2.24) is 10.5 Å². The van der Waals surface area contributed by atoms with Crippen LogP contribution in [0.2, 0.25) is 0 Å². The number of carbonyl (C=O) groups excluding carboxylic acids is 2. The number of esters is 1. The summed E-state index contributed by atoms with van der Waals surface area (Å²) in [5, 5.41) is 6.85. The van der Waals surface area contributed by atoms with Crippen LogP contribution in [0.15, 0.2) is 64.0 Å². The number of rotatable bonds is 7. The zero-order chi connectivity index (χ0) is 22.5. The van der Waals surface area contributed by atoms with E-state index in [0.29, 0.717) is 24.3 Å². The topological polar surface area (TPSA) is 90.7 Å². The molecule has 7 nitrogen and oxygen atoms in total. The molecule has 3 aromatic rings. The molecule has 2 heterocycles. The number of carbonyl (C=O) groups is 2. The number of thioether (sulfide) groups is 1. The molecule has 0 radical (unpaired) electrons. The Kier molecular flexibility index (Phi) is 6.80. The van der Waals surface area contributed by atoms with Crippen LogP contribution < -0.4 is 10.1 Å². The minimum Gasteiger partial charge on any atom is -0.493 e. The minimum atomic E-state index is -0.938. The summed E-state index contributed by atoms with van der Waals surface area (Å²) in [6.45, 7) is 3.95. The van der Waals surface area contributed by atoms with Crippen LogP contribution in [-0.2, 0) is 15.3 Å². The molecule has 2 atom stereocenters. The molecular weight excluding hydrogens is 428 g/mol. The third-order valence-electron chi connectivity index (χ3n) is 5.08. The van der Waals surface area contributed by atoms with Crippen molar-refractivity contribution in [2.75, 3.05) is 6.61 Å². The molecule has 32 heavy (non-hydrogen) atoms. The van der Waals surface area contributed by atoms with Crippen LogP contribution in [0.5, 0.6) is 5.75 Å². The number of hydrogen-bond acceptors (Lipinski definition) is 7. The fraction of sp³-hybridized carbons (Fsp3) is 0.292. The average molecular weight is 453 g/mol. The molecule has 1 aliphatic rings. The summed E-state index contributed by atoms with van der Waals surface area (Å²) < 4.78 is 16.4. The molecule has 0 saturated carbocycles. The first kappa shape index (κ1) is 22.0. The molecule has 8 heteroatoms. The van der Waals surface area contributed by atoms with Crippen molar-refractivity contribution in [3.05, 3.63) is 77.2 Å². The Morgan fingerprint density at radius 3 is 2.81 bits per heavy atom. The maximum absolute atomic E-state index is 12.8. The second-order valence-corrected chi connectivity index (χ2v) is 8.52. The van der Waals surface area contributed by atoms with Gasteiger partial charge < -0.3 is 19.3 Å². The van der Waals surface area contributed by atoms with Gasteiger partial charge in [-0.2, -0.15) is 0 Å². The predicted molar refractivity (Wildman–Crippen MR) is 120 cm³/mol. The number of nitrogens with one attached hydrogen (secondary N) is 1. The number of aromatic nitrogens is 1. The molecule has 0 bridgehead atoms. The van der Waals surface area contributed by atoms with Crippen molar-refractivity contribution < 1.29 is 23.6 Å². The molecule has 1 aromatic heterocycles. The standard InChI is InChI=1S/C24H24N2O5S/c1-15-13-17(31-26-15)14-32-22-10-6-4-8-19(22)24(28)30-16(2)23(27)25-20-11-12-29-21-9-5-3-7-18(20)21/h3-10,13,16,20H,11-12,14H2,1-2H3,(H,25,27). The summed E-state index contributed by atoms with van der Waals surface area (Å²) in [4.78, 5) is 26.3. The first-order valence-electron chi connectivity index (χ1n) is 10.4. The summed E-state index contributed by atoms with van der Waals surface area (Å²) in [5.41, 5.74) is 2.14. The second kappa shape index (κ2) is 9.91. The number of nitrogens with zero attached hydrogens (tertiary/aromatic N) is 1. The maximum atomic E-state index is 12.8. The van der Waals surface area contributed by atoms with Gasteiger partial charge in [0.05, 0.1) is 29.7 Å². The van der Waals surface area contributed by atoms with Gasteiger partial charge in [-0.25, -0.2) is 4.79 Å². The molecule has 2 unspecified atom stereocenters. The number of ether oxygens (including phenoxy) is 2. The van der Waals surface area contributed by atoms with Crippen molar-refractivity contribution in [3.63, 3.8) is 0 Å². The minimum absolute atomic E-state index is 0.179. The predicted octanol–water partition coefficient (Wildman–Crippen LogP) is 4.46. The molecule has 0 aliphatic carbocycles. The number of aryl methyl sites for hydroxylation is 1. The summed E-state index contributed by atoms with van der Waals surface area (Å²) in [6.07, 6.45) is -0.281. The van der Waals surface area contributed by atoms with E-state index in [1.54, 1.807) is 19.1 Å². The number of amides is 1.